The monoisotopic (exact) mass is 261 g/mol. The molecule has 1 saturated carbocycles. The molecule has 1 aliphatic carbocycles. The van der Waals surface area contributed by atoms with E-state index in [4.69, 9.17) is 4.74 Å². The minimum atomic E-state index is 0.391. The molecule has 1 aliphatic rings. The van der Waals surface area contributed by atoms with E-state index in [1.54, 1.807) is 0 Å². The fourth-order valence-electron chi connectivity index (χ4n) is 2.83. The molecule has 1 N–H and O–H groups in total. The Bertz CT molecular complexity index is 369. The Hall–Kier alpha value is -1.02. The fraction of sp³-hybridized carbons (Fsp3) is 0.647. The zero-order chi connectivity index (χ0) is 13.5. The second-order valence-electron chi connectivity index (χ2n) is 5.58. The molecular formula is C17H27NO. The van der Waals surface area contributed by atoms with Gasteiger partial charge in [0.2, 0.25) is 0 Å². The van der Waals surface area contributed by atoms with Crippen LogP contribution in [0.3, 0.4) is 0 Å². The summed E-state index contributed by atoms with van der Waals surface area (Å²) < 4.78 is 6.18. The summed E-state index contributed by atoms with van der Waals surface area (Å²) in [6.07, 6.45) is 8.23. The van der Waals surface area contributed by atoms with E-state index in [0.717, 1.165) is 12.3 Å². The molecule has 0 radical (unpaired) electrons. The first kappa shape index (κ1) is 14.4. The van der Waals surface area contributed by atoms with Crippen molar-refractivity contribution in [1.29, 1.82) is 0 Å². The van der Waals surface area contributed by atoms with Gasteiger partial charge in [0.1, 0.15) is 5.75 Å². The van der Waals surface area contributed by atoms with Gasteiger partial charge in [0.25, 0.3) is 0 Å². The number of benzene rings is 1. The summed E-state index contributed by atoms with van der Waals surface area (Å²) in [7, 11) is 0. The van der Waals surface area contributed by atoms with Crippen LogP contribution in [0.15, 0.2) is 24.3 Å². The molecular weight excluding hydrogens is 234 g/mol. The molecule has 1 aromatic carbocycles. The summed E-state index contributed by atoms with van der Waals surface area (Å²) in [5.41, 5.74) is 1.31. The predicted octanol–water partition coefficient (Wildman–Crippen LogP) is 4.46. The summed E-state index contributed by atoms with van der Waals surface area (Å²) >= 11 is 0. The Morgan fingerprint density at radius 2 is 1.95 bits per heavy atom. The normalized spacial score (nSPS) is 18.8. The van der Waals surface area contributed by atoms with Crippen LogP contribution >= 0.6 is 0 Å². The minimum absolute atomic E-state index is 0.391. The van der Waals surface area contributed by atoms with Crippen molar-refractivity contribution in [2.45, 2.75) is 64.5 Å². The van der Waals surface area contributed by atoms with Crippen molar-refractivity contribution in [1.82, 2.24) is 5.32 Å². The van der Waals surface area contributed by atoms with Gasteiger partial charge in [-0.25, -0.2) is 0 Å². The van der Waals surface area contributed by atoms with Gasteiger partial charge in [0.05, 0.1) is 6.10 Å². The number of ether oxygens (including phenoxy) is 1. The SMILES string of the molecule is CCNC(C)c1cccc(OC2CCCCCC2)c1. The summed E-state index contributed by atoms with van der Waals surface area (Å²) in [6, 6.07) is 8.95. The van der Waals surface area contributed by atoms with Crippen LogP contribution in [0.2, 0.25) is 0 Å². The van der Waals surface area contributed by atoms with E-state index >= 15 is 0 Å². The molecule has 0 heterocycles. The summed E-state index contributed by atoms with van der Waals surface area (Å²) in [5.74, 6) is 1.04. The third kappa shape index (κ3) is 4.54. The van der Waals surface area contributed by atoms with Gasteiger partial charge in [-0.3, -0.25) is 0 Å². The maximum atomic E-state index is 6.18. The van der Waals surface area contributed by atoms with Crippen molar-refractivity contribution >= 4 is 0 Å². The van der Waals surface area contributed by atoms with Crippen LogP contribution in [-0.2, 0) is 0 Å². The highest BCUT2D eigenvalue weighted by molar-refractivity contribution is 5.30. The zero-order valence-corrected chi connectivity index (χ0v) is 12.3. The molecule has 1 unspecified atom stereocenters. The number of nitrogens with one attached hydrogen (secondary N) is 1. The molecule has 0 aliphatic heterocycles. The number of rotatable bonds is 5. The second kappa shape index (κ2) is 7.54. The van der Waals surface area contributed by atoms with E-state index in [2.05, 4.69) is 43.4 Å². The van der Waals surface area contributed by atoms with Gasteiger partial charge in [-0.1, -0.05) is 31.9 Å². The summed E-state index contributed by atoms with van der Waals surface area (Å²) in [6.45, 7) is 5.34. The standard InChI is InChI=1S/C17H27NO/c1-3-18-14(2)15-9-8-12-17(13-15)19-16-10-6-4-5-7-11-16/h8-9,12-14,16,18H,3-7,10-11H2,1-2H3. The van der Waals surface area contributed by atoms with Crippen LogP contribution in [0.4, 0.5) is 0 Å². The highest BCUT2D eigenvalue weighted by Gasteiger charge is 2.14. The topological polar surface area (TPSA) is 21.3 Å². The van der Waals surface area contributed by atoms with Crippen molar-refractivity contribution in [3.63, 3.8) is 0 Å². The van der Waals surface area contributed by atoms with Crippen LogP contribution in [0.1, 0.15) is 64.0 Å². The molecule has 1 fully saturated rings. The summed E-state index contributed by atoms with van der Waals surface area (Å²) in [5, 5.41) is 3.45. The van der Waals surface area contributed by atoms with Gasteiger partial charge in [0, 0.05) is 6.04 Å². The van der Waals surface area contributed by atoms with Crippen molar-refractivity contribution in [2.75, 3.05) is 6.54 Å². The Morgan fingerprint density at radius 3 is 2.63 bits per heavy atom. The first-order chi connectivity index (χ1) is 9.29. The molecule has 106 valence electrons. The van der Waals surface area contributed by atoms with Gasteiger partial charge in [0.15, 0.2) is 0 Å². The van der Waals surface area contributed by atoms with Gasteiger partial charge < -0.3 is 10.1 Å². The third-order valence-electron chi connectivity index (χ3n) is 3.97. The highest BCUT2D eigenvalue weighted by Crippen LogP contribution is 2.25. The van der Waals surface area contributed by atoms with E-state index in [0.29, 0.717) is 12.1 Å². The third-order valence-corrected chi connectivity index (χ3v) is 3.97. The minimum Gasteiger partial charge on any atom is -0.490 e. The first-order valence-electron chi connectivity index (χ1n) is 7.79. The molecule has 2 rings (SSSR count). The second-order valence-corrected chi connectivity index (χ2v) is 5.58. The molecule has 0 saturated heterocycles. The lowest BCUT2D eigenvalue weighted by Gasteiger charge is -2.19. The Balaban J connectivity index is 1.97. The Labute approximate surface area is 117 Å². The largest absolute Gasteiger partial charge is 0.490 e. The van der Waals surface area contributed by atoms with Crippen molar-refractivity contribution in [2.24, 2.45) is 0 Å². The zero-order valence-electron chi connectivity index (χ0n) is 12.3. The maximum Gasteiger partial charge on any atom is 0.120 e. The van der Waals surface area contributed by atoms with Gasteiger partial charge in [-0.15, -0.1) is 0 Å². The molecule has 0 amide bonds. The highest BCUT2D eigenvalue weighted by atomic mass is 16.5. The maximum absolute atomic E-state index is 6.18. The van der Waals surface area contributed by atoms with Crippen LogP contribution in [0.5, 0.6) is 5.75 Å². The first-order valence-corrected chi connectivity index (χ1v) is 7.79. The molecule has 19 heavy (non-hydrogen) atoms. The average Bonchev–Trinajstić information content (AvgIpc) is 2.68. The van der Waals surface area contributed by atoms with E-state index in [1.807, 2.05) is 0 Å². The van der Waals surface area contributed by atoms with Gasteiger partial charge in [-0.2, -0.15) is 0 Å². The smallest absolute Gasteiger partial charge is 0.120 e. The van der Waals surface area contributed by atoms with E-state index < -0.39 is 0 Å². The molecule has 2 nitrogen and oxygen atoms in total. The van der Waals surface area contributed by atoms with Crippen LogP contribution in [0, 0.1) is 0 Å². The van der Waals surface area contributed by atoms with Gasteiger partial charge >= 0.3 is 0 Å². The van der Waals surface area contributed by atoms with E-state index in [1.165, 1.54) is 44.1 Å². The molecule has 0 spiro atoms. The van der Waals surface area contributed by atoms with Crippen molar-refractivity contribution < 1.29 is 4.74 Å². The Morgan fingerprint density at radius 1 is 1.21 bits per heavy atom. The van der Waals surface area contributed by atoms with Crippen LogP contribution in [0.25, 0.3) is 0 Å². The van der Waals surface area contributed by atoms with Crippen molar-refractivity contribution in [3.8, 4) is 5.75 Å². The van der Waals surface area contributed by atoms with Crippen LogP contribution in [-0.4, -0.2) is 12.6 Å². The molecule has 1 aromatic rings. The quantitative estimate of drug-likeness (QED) is 0.790. The van der Waals surface area contributed by atoms with Gasteiger partial charge in [-0.05, 0) is 56.8 Å². The summed E-state index contributed by atoms with van der Waals surface area (Å²) in [4.78, 5) is 0. The van der Waals surface area contributed by atoms with Crippen molar-refractivity contribution in [3.05, 3.63) is 29.8 Å². The Kier molecular flexibility index (Phi) is 5.71. The molecule has 2 heteroatoms. The van der Waals surface area contributed by atoms with Crippen LogP contribution < -0.4 is 10.1 Å². The lowest BCUT2D eigenvalue weighted by atomic mass is 10.1. The molecule has 0 bridgehead atoms. The molecule has 0 aromatic heterocycles. The average molecular weight is 261 g/mol. The number of hydrogen-bond donors (Lipinski definition) is 1. The van der Waals surface area contributed by atoms with E-state index in [-0.39, 0.29) is 0 Å². The predicted molar refractivity (Wildman–Crippen MR) is 80.7 cm³/mol. The lowest BCUT2D eigenvalue weighted by molar-refractivity contribution is 0.183. The lowest BCUT2D eigenvalue weighted by Crippen LogP contribution is -2.18. The fourth-order valence-corrected chi connectivity index (χ4v) is 2.83. The molecule has 1 atom stereocenters. The number of hydrogen-bond acceptors (Lipinski definition) is 2. The van der Waals surface area contributed by atoms with E-state index in [9.17, 15) is 0 Å².